The van der Waals surface area contributed by atoms with Crippen LogP contribution in [0.15, 0.2) is 11.4 Å². The molecule has 1 atom stereocenters. The Morgan fingerprint density at radius 3 is 2.82 bits per heavy atom. The number of halogens is 1. The van der Waals surface area contributed by atoms with Crippen LogP contribution in [-0.2, 0) is 17.8 Å². The molecule has 0 bridgehead atoms. The number of amides is 1. The van der Waals surface area contributed by atoms with Crippen LogP contribution in [0.4, 0.5) is 0 Å². The number of nitrogens with zero attached hydrogens (tertiary/aromatic N) is 2. The Bertz CT molecular complexity index is 497. The number of fused-ring (bicyclic) bond motifs is 1. The Hall–Kier alpha value is -0.620. The van der Waals surface area contributed by atoms with Crippen molar-refractivity contribution in [1.82, 2.24) is 9.80 Å². The van der Waals surface area contributed by atoms with Crippen LogP contribution in [-0.4, -0.2) is 47.9 Å². The van der Waals surface area contributed by atoms with Gasteiger partial charge in [0.1, 0.15) is 0 Å². The summed E-state index contributed by atoms with van der Waals surface area (Å²) in [6, 6.07) is 2.44. The van der Waals surface area contributed by atoms with Gasteiger partial charge in [-0.1, -0.05) is 0 Å². The van der Waals surface area contributed by atoms with E-state index in [4.69, 9.17) is 5.73 Å². The third-order valence-electron chi connectivity index (χ3n) is 4.90. The average Bonchev–Trinajstić information content (AvgIpc) is 2.95. The molecular formula is C16H26ClN3OS. The predicted octanol–water partition coefficient (Wildman–Crippen LogP) is 2.11. The molecule has 0 aromatic carbocycles. The van der Waals surface area contributed by atoms with Gasteiger partial charge in [0.05, 0.1) is 6.54 Å². The molecule has 2 aliphatic rings. The first kappa shape index (κ1) is 17.7. The lowest BCUT2D eigenvalue weighted by atomic mass is 9.91. The highest BCUT2D eigenvalue weighted by atomic mass is 35.5. The molecule has 1 aromatic heterocycles. The zero-order chi connectivity index (χ0) is 14.8. The van der Waals surface area contributed by atoms with Gasteiger partial charge in [-0.25, -0.2) is 0 Å². The van der Waals surface area contributed by atoms with E-state index in [1.807, 2.05) is 16.2 Å². The van der Waals surface area contributed by atoms with Gasteiger partial charge in [-0.05, 0) is 62.2 Å². The SMILES string of the molecule is CC(N)C1CCN(CC(=O)N2CCc3sccc3C2)CC1.Cl. The number of hydrogen-bond acceptors (Lipinski definition) is 4. The molecule has 2 N–H and O–H groups in total. The number of thiophene rings is 1. The highest BCUT2D eigenvalue weighted by Crippen LogP contribution is 2.24. The molecular weight excluding hydrogens is 318 g/mol. The van der Waals surface area contributed by atoms with Crippen LogP contribution >= 0.6 is 23.7 Å². The molecule has 22 heavy (non-hydrogen) atoms. The topological polar surface area (TPSA) is 49.6 Å². The molecule has 1 unspecified atom stereocenters. The normalized spacial score (nSPS) is 21.1. The van der Waals surface area contributed by atoms with Crippen LogP contribution in [0.3, 0.4) is 0 Å². The number of carbonyl (C=O) groups is 1. The van der Waals surface area contributed by atoms with E-state index >= 15 is 0 Å². The van der Waals surface area contributed by atoms with Gasteiger partial charge >= 0.3 is 0 Å². The quantitative estimate of drug-likeness (QED) is 0.914. The second kappa shape index (κ2) is 7.77. The second-order valence-corrected chi connectivity index (χ2v) is 7.41. The summed E-state index contributed by atoms with van der Waals surface area (Å²) in [6.45, 7) is 6.37. The van der Waals surface area contributed by atoms with Crippen LogP contribution in [0.1, 0.15) is 30.2 Å². The largest absolute Gasteiger partial charge is 0.337 e. The summed E-state index contributed by atoms with van der Waals surface area (Å²) in [7, 11) is 0. The first-order chi connectivity index (χ1) is 10.1. The zero-order valence-electron chi connectivity index (χ0n) is 13.2. The number of nitrogens with two attached hydrogens (primary N) is 1. The fourth-order valence-corrected chi connectivity index (χ4v) is 4.28. The van der Waals surface area contributed by atoms with Crippen LogP contribution < -0.4 is 5.73 Å². The molecule has 1 saturated heterocycles. The minimum Gasteiger partial charge on any atom is -0.337 e. The molecule has 3 rings (SSSR count). The average molecular weight is 344 g/mol. The van der Waals surface area contributed by atoms with Gasteiger partial charge in [-0.15, -0.1) is 23.7 Å². The summed E-state index contributed by atoms with van der Waals surface area (Å²) in [5, 5.41) is 2.14. The van der Waals surface area contributed by atoms with Crippen molar-refractivity contribution in [2.24, 2.45) is 11.7 Å². The summed E-state index contributed by atoms with van der Waals surface area (Å²) < 4.78 is 0. The molecule has 124 valence electrons. The summed E-state index contributed by atoms with van der Waals surface area (Å²) in [6.07, 6.45) is 3.27. The van der Waals surface area contributed by atoms with Gasteiger partial charge in [0.2, 0.25) is 5.91 Å². The highest BCUT2D eigenvalue weighted by molar-refractivity contribution is 7.10. The van der Waals surface area contributed by atoms with Gasteiger partial charge in [0.15, 0.2) is 0 Å². The van der Waals surface area contributed by atoms with Crippen molar-refractivity contribution < 1.29 is 4.79 Å². The van der Waals surface area contributed by atoms with Crippen molar-refractivity contribution in [3.63, 3.8) is 0 Å². The number of rotatable bonds is 3. The fourth-order valence-electron chi connectivity index (χ4n) is 3.39. The summed E-state index contributed by atoms with van der Waals surface area (Å²) in [5.41, 5.74) is 7.32. The number of piperidine rings is 1. The van der Waals surface area contributed by atoms with E-state index in [0.717, 1.165) is 45.4 Å². The standard InChI is InChI=1S/C16H25N3OS.ClH/c1-12(17)13-2-6-18(7-3-13)11-16(20)19-8-4-15-14(10-19)5-9-21-15;/h5,9,12-13H,2-4,6-8,10-11,17H2,1H3;1H. The molecule has 0 radical (unpaired) electrons. The Morgan fingerprint density at radius 1 is 1.41 bits per heavy atom. The first-order valence-electron chi connectivity index (χ1n) is 7.94. The monoisotopic (exact) mass is 343 g/mol. The van der Waals surface area contributed by atoms with Gasteiger partial charge in [-0.3, -0.25) is 9.69 Å². The lowest BCUT2D eigenvalue weighted by Crippen LogP contribution is -2.46. The van der Waals surface area contributed by atoms with E-state index in [1.165, 1.54) is 10.4 Å². The molecule has 1 aromatic rings. The van der Waals surface area contributed by atoms with Crippen molar-refractivity contribution in [1.29, 1.82) is 0 Å². The Balaban J connectivity index is 0.00000176. The third kappa shape index (κ3) is 4.02. The van der Waals surface area contributed by atoms with Crippen molar-refractivity contribution in [3.8, 4) is 0 Å². The molecule has 0 saturated carbocycles. The molecule has 6 heteroatoms. The number of likely N-dealkylation sites (tertiary alicyclic amines) is 1. The Labute approximate surface area is 143 Å². The minimum absolute atomic E-state index is 0. The molecule has 2 aliphatic heterocycles. The van der Waals surface area contributed by atoms with Crippen molar-refractivity contribution >= 4 is 29.7 Å². The maximum absolute atomic E-state index is 12.5. The highest BCUT2D eigenvalue weighted by Gasteiger charge is 2.26. The van der Waals surface area contributed by atoms with Crippen LogP contribution in [0.25, 0.3) is 0 Å². The second-order valence-electron chi connectivity index (χ2n) is 6.41. The Kier molecular flexibility index (Phi) is 6.26. The number of hydrogen-bond donors (Lipinski definition) is 1. The van der Waals surface area contributed by atoms with Crippen LogP contribution in [0, 0.1) is 5.92 Å². The Morgan fingerprint density at radius 2 is 2.14 bits per heavy atom. The molecule has 3 heterocycles. The minimum atomic E-state index is 0. The third-order valence-corrected chi connectivity index (χ3v) is 5.92. The summed E-state index contributed by atoms with van der Waals surface area (Å²) in [4.78, 5) is 18.2. The molecule has 4 nitrogen and oxygen atoms in total. The zero-order valence-corrected chi connectivity index (χ0v) is 14.8. The van der Waals surface area contributed by atoms with Gasteiger partial charge in [-0.2, -0.15) is 0 Å². The summed E-state index contributed by atoms with van der Waals surface area (Å²) >= 11 is 1.82. The molecule has 0 aliphatic carbocycles. The lowest BCUT2D eigenvalue weighted by molar-refractivity contribution is -0.133. The van der Waals surface area contributed by atoms with Crippen LogP contribution in [0.5, 0.6) is 0 Å². The summed E-state index contributed by atoms with van der Waals surface area (Å²) in [5.74, 6) is 0.908. The predicted molar refractivity (Wildman–Crippen MR) is 93.5 cm³/mol. The van der Waals surface area contributed by atoms with Crippen molar-refractivity contribution in [2.45, 2.75) is 38.8 Å². The van der Waals surface area contributed by atoms with E-state index in [2.05, 4.69) is 23.3 Å². The van der Waals surface area contributed by atoms with E-state index < -0.39 is 0 Å². The van der Waals surface area contributed by atoms with Crippen LogP contribution in [0.2, 0.25) is 0 Å². The number of carbonyl (C=O) groups excluding carboxylic acids is 1. The molecule has 0 spiro atoms. The molecule has 1 amide bonds. The van der Waals surface area contributed by atoms with Gasteiger partial charge < -0.3 is 10.6 Å². The first-order valence-corrected chi connectivity index (χ1v) is 8.82. The fraction of sp³-hybridized carbons (Fsp3) is 0.688. The lowest BCUT2D eigenvalue weighted by Gasteiger charge is -2.35. The smallest absolute Gasteiger partial charge is 0.237 e. The van der Waals surface area contributed by atoms with Gasteiger partial charge in [0.25, 0.3) is 0 Å². The van der Waals surface area contributed by atoms with E-state index in [9.17, 15) is 4.79 Å². The van der Waals surface area contributed by atoms with E-state index in [1.54, 1.807) is 0 Å². The van der Waals surface area contributed by atoms with E-state index in [-0.39, 0.29) is 24.4 Å². The van der Waals surface area contributed by atoms with Crippen molar-refractivity contribution in [3.05, 3.63) is 21.9 Å². The molecule has 1 fully saturated rings. The van der Waals surface area contributed by atoms with E-state index in [0.29, 0.717) is 12.5 Å². The maximum Gasteiger partial charge on any atom is 0.237 e. The van der Waals surface area contributed by atoms with Crippen molar-refractivity contribution in [2.75, 3.05) is 26.2 Å². The van der Waals surface area contributed by atoms with Gasteiger partial charge in [0, 0.05) is 24.0 Å². The maximum atomic E-state index is 12.5.